The van der Waals surface area contributed by atoms with Gasteiger partial charge in [0.25, 0.3) is 0 Å². The van der Waals surface area contributed by atoms with Gasteiger partial charge in [-0.3, -0.25) is 0 Å². The van der Waals surface area contributed by atoms with Gasteiger partial charge in [0.1, 0.15) is 12.2 Å². The van der Waals surface area contributed by atoms with Crippen LogP contribution in [0.3, 0.4) is 0 Å². The van der Waals surface area contributed by atoms with Crippen molar-refractivity contribution in [3.63, 3.8) is 0 Å². The molecule has 2 aromatic rings. The van der Waals surface area contributed by atoms with Gasteiger partial charge in [0.2, 0.25) is 0 Å². The molecular weight excluding hydrogens is 200 g/mol. The molecule has 0 heterocycles. The second kappa shape index (κ2) is 4.29. The van der Waals surface area contributed by atoms with Crippen molar-refractivity contribution in [1.82, 2.24) is 0 Å². The molecule has 0 atom stereocenters. The van der Waals surface area contributed by atoms with E-state index in [1.807, 2.05) is 36.5 Å². The summed E-state index contributed by atoms with van der Waals surface area (Å²) in [5.74, 6) is 5.23. The Balaban J connectivity index is 2.83. The SMILES string of the molecule is OC#Cc1ccc(C#CO)c2ccccc12. The zero-order chi connectivity index (χ0) is 11.4. The summed E-state index contributed by atoms with van der Waals surface area (Å²) in [5, 5.41) is 19.1. The fourth-order valence-electron chi connectivity index (χ4n) is 1.64. The molecule has 0 aromatic heterocycles. The molecule has 0 fully saturated rings. The van der Waals surface area contributed by atoms with E-state index in [0.29, 0.717) is 0 Å². The zero-order valence-corrected chi connectivity index (χ0v) is 8.36. The third-order valence-corrected chi connectivity index (χ3v) is 2.31. The van der Waals surface area contributed by atoms with Gasteiger partial charge in [-0.25, -0.2) is 0 Å². The van der Waals surface area contributed by atoms with E-state index in [-0.39, 0.29) is 0 Å². The molecule has 0 aliphatic heterocycles. The van der Waals surface area contributed by atoms with Gasteiger partial charge in [0.05, 0.1) is 0 Å². The highest BCUT2D eigenvalue weighted by Crippen LogP contribution is 2.21. The average Bonchev–Trinajstić information content (AvgIpc) is 2.33. The molecule has 0 saturated heterocycles. The van der Waals surface area contributed by atoms with Crippen LogP contribution in [0.5, 0.6) is 0 Å². The molecule has 0 bridgehead atoms. The molecule has 76 valence electrons. The van der Waals surface area contributed by atoms with Crippen LogP contribution in [-0.2, 0) is 0 Å². The predicted octanol–water partition coefficient (Wildman–Crippen LogP) is 2.20. The number of benzene rings is 2. The lowest BCUT2D eigenvalue weighted by Gasteiger charge is -2.02. The first-order chi connectivity index (χ1) is 7.86. The number of hydrogen-bond donors (Lipinski definition) is 2. The summed E-state index contributed by atoms with van der Waals surface area (Å²) in [6.07, 6.45) is 3.78. The van der Waals surface area contributed by atoms with Crippen LogP contribution in [0.15, 0.2) is 36.4 Å². The van der Waals surface area contributed by atoms with Crippen LogP contribution in [0.25, 0.3) is 10.8 Å². The second-order valence-corrected chi connectivity index (χ2v) is 3.18. The van der Waals surface area contributed by atoms with Gasteiger partial charge >= 0.3 is 0 Å². The maximum Gasteiger partial charge on any atom is 0.113 e. The van der Waals surface area contributed by atoms with Crippen LogP contribution < -0.4 is 0 Å². The first-order valence-electron chi connectivity index (χ1n) is 4.69. The molecule has 0 saturated carbocycles. The van der Waals surface area contributed by atoms with Crippen LogP contribution in [0.2, 0.25) is 0 Å². The summed E-state index contributed by atoms with van der Waals surface area (Å²) in [7, 11) is 0. The van der Waals surface area contributed by atoms with Gasteiger partial charge in [-0.1, -0.05) is 24.3 Å². The van der Waals surface area contributed by atoms with Gasteiger partial charge in [-0.05, 0) is 34.7 Å². The summed E-state index contributed by atoms with van der Waals surface area (Å²) >= 11 is 0. The van der Waals surface area contributed by atoms with Gasteiger partial charge in [0, 0.05) is 11.1 Å². The van der Waals surface area contributed by atoms with Crippen LogP contribution in [0.1, 0.15) is 11.1 Å². The van der Waals surface area contributed by atoms with E-state index in [1.54, 1.807) is 12.1 Å². The molecule has 2 heteroatoms. The average molecular weight is 208 g/mol. The first kappa shape index (κ1) is 9.96. The third kappa shape index (κ3) is 1.65. The van der Waals surface area contributed by atoms with Crippen molar-refractivity contribution < 1.29 is 10.2 Å². The molecule has 0 amide bonds. The highest BCUT2D eigenvalue weighted by atomic mass is 16.2. The van der Waals surface area contributed by atoms with Crippen molar-refractivity contribution in [3.8, 4) is 24.1 Å². The van der Waals surface area contributed by atoms with Crippen LogP contribution in [0, 0.1) is 24.1 Å². The summed E-state index contributed by atoms with van der Waals surface area (Å²) in [4.78, 5) is 0. The Morgan fingerprint density at radius 2 is 1.12 bits per heavy atom. The Morgan fingerprint density at radius 1 is 0.688 bits per heavy atom. The fourth-order valence-corrected chi connectivity index (χ4v) is 1.64. The highest BCUT2D eigenvalue weighted by Gasteiger charge is 2.02. The second-order valence-electron chi connectivity index (χ2n) is 3.18. The van der Waals surface area contributed by atoms with Gasteiger partial charge in [-0.2, -0.15) is 0 Å². The standard InChI is InChI=1S/C14H8O2/c15-9-7-11-5-6-12(8-10-16)14-4-2-1-3-13(11)14/h1-6,15-16H. The highest BCUT2D eigenvalue weighted by molar-refractivity contribution is 5.92. The van der Waals surface area contributed by atoms with Crippen molar-refractivity contribution in [2.24, 2.45) is 0 Å². The molecule has 2 nitrogen and oxygen atoms in total. The van der Waals surface area contributed by atoms with E-state index >= 15 is 0 Å². The molecule has 0 aliphatic carbocycles. The maximum absolute atomic E-state index is 8.62. The number of aliphatic hydroxyl groups is 2. The summed E-state index contributed by atoms with van der Waals surface area (Å²) in [5.41, 5.74) is 1.48. The number of fused-ring (bicyclic) bond motifs is 1. The number of rotatable bonds is 0. The Hall–Kier alpha value is -2.58. The van der Waals surface area contributed by atoms with Crippen molar-refractivity contribution in [1.29, 1.82) is 0 Å². The van der Waals surface area contributed by atoms with E-state index in [1.165, 1.54) is 0 Å². The third-order valence-electron chi connectivity index (χ3n) is 2.31. The lowest BCUT2D eigenvalue weighted by atomic mass is 10.0. The van der Waals surface area contributed by atoms with Gasteiger partial charge in [-0.15, -0.1) is 0 Å². The molecular formula is C14H8O2. The van der Waals surface area contributed by atoms with Crippen molar-refractivity contribution in [3.05, 3.63) is 47.5 Å². The minimum atomic E-state index is 0.738. The fraction of sp³-hybridized carbons (Fsp3) is 0. The minimum absolute atomic E-state index is 0.738. The Morgan fingerprint density at radius 3 is 1.50 bits per heavy atom. The summed E-state index contributed by atoms with van der Waals surface area (Å²) < 4.78 is 0. The maximum atomic E-state index is 8.62. The molecule has 0 unspecified atom stereocenters. The summed E-state index contributed by atoms with van der Waals surface area (Å²) in [6.45, 7) is 0. The molecule has 2 aromatic carbocycles. The minimum Gasteiger partial charge on any atom is -0.462 e. The number of hydrogen-bond acceptors (Lipinski definition) is 2. The van der Waals surface area contributed by atoms with Crippen molar-refractivity contribution in [2.45, 2.75) is 0 Å². The van der Waals surface area contributed by atoms with E-state index in [4.69, 9.17) is 10.2 Å². The molecule has 2 rings (SSSR count). The monoisotopic (exact) mass is 208 g/mol. The van der Waals surface area contributed by atoms with E-state index in [9.17, 15) is 0 Å². The quantitative estimate of drug-likeness (QED) is 0.651. The molecule has 0 aliphatic rings. The van der Waals surface area contributed by atoms with Crippen LogP contribution in [-0.4, -0.2) is 10.2 Å². The lowest BCUT2D eigenvalue weighted by molar-refractivity contribution is 0.516. The van der Waals surface area contributed by atoms with E-state index < -0.39 is 0 Å². The Labute approximate surface area is 93.2 Å². The predicted molar refractivity (Wildman–Crippen MR) is 61.6 cm³/mol. The van der Waals surface area contributed by atoms with Crippen molar-refractivity contribution in [2.75, 3.05) is 0 Å². The topological polar surface area (TPSA) is 40.5 Å². The molecule has 2 N–H and O–H groups in total. The smallest absolute Gasteiger partial charge is 0.113 e. The van der Waals surface area contributed by atoms with Crippen LogP contribution >= 0.6 is 0 Å². The molecule has 16 heavy (non-hydrogen) atoms. The van der Waals surface area contributed by atoms with Crippen LogP contribution in [0.4, 0.5) is 0 Å². The zero-order valence-electron chi connectivity index (χ0n) is 8.36. The van der Waals surface area contributed by atoms with E-state index in [0.717, 1.165) is 21.9 Å². The number of aliphatic hydroxyl groups excluding tert-OH is 2. The summed E-state index contributed by atoms with van der Waals surface area (Å²) in [6, 6.07) is 11.1. The molecule has 0 spiro atoms. The Bertz CT molecular complexity index is 590. The van der Waals surface area contributed by atoms with E-state index in [2.05, 4.69) is 11.8 Å². The Kier molecular flexibility index (Phi) is 2.67. The van der Waals surface area contributed by atoms with Gasteiger partial charge in [0.15, 0.2) is 0 Å². The van der Waals surface area contributed by atoms with Gasteiger partial charge < -0.3 is 10.2 Å². The normalized spacial score (nSPS) is 8.75. The molecule has 0 radical (unpaired) electrons. The van der Waals surface area contributed by atoms with Crippen molar-refractivity contribution >= 4 is 10.8 Å². The lowest BCUT2D eigenvalue weighted by Crippen LogP contribution is -1.84. The largest absolute Gasteiger partial charge is 0.462 e. The first-order valence-corrected chi connectivity index (χ1v) is 4.69.